The molecule has 1 N–H and O–H groups in total. The van der Waals surface area contributed by atoms with Gasteiger partial charge in [-0.15, -0.1) is 0 Å². The third kappa shape index (κ3) is 5.65. The zero-order valence-electron chi connectivity index (χ0n) is 12.9. The van der Waals surface area contributed by atoms with Crippen molar-refractivity contribution in [2.24, 2.45) is 5.92 Å². The Labute approximate surface area is 121 Å². The molecule has 1 heterocycles. The maximum atomic E-state index is 5.81. The first-order valence-electron chi connectivity index (χ1n) is 7.62. The summed E-state index contributed by atoms with van der Waals surface area (Å²) in [6, 6.07) is 2.77. The quantitative estimate of drug-likeness (QED) is 0.670. The van der Waals surface area contributed by atoms with Gasteiger partial charge in [0.1, 0.15) is 18.1 Å². The number of hydrogen-bond acceptors (Lipinski definition) is 4. The van der Waals surface area contributed by atoms with Crippen LogP contribution in [-0.2, 0) is 22.6 Å². The van der Waals surface area contributed by atoms with Crippen LogP contribution < -0.4 is 5.32 Å². The molecule has 1 saturated carbocycles. The van der Waals surface area contributed by atoms with Crippen LogP contribution in [0.1, 0.15) is 43.8 Å². The molecule has 0 saturated heterocycles. The van der Waals surface area contributed by atoms with Gasteiger partial charge in [-0.05, 0) is 37.3 Å². The molecule has 1 aliphatic rings. The molecule has 0 unspecified atom stereocenters. The number of nitrogens with one attached hydrogen (secondary N) is 1. The fourth-order valence-corrected chi connectivity index (χ4v) is 1.97. The second-order valence-corrected chi connectivity index (χ2v) is 6.00. The van der Waals surface area contributed by atoms with Gasteiger partial charge in [0, 0.05) is 12.6 Å². The Bertz CT molecular complexity index is 396. The van der Waals surface area contributed by atoms with E-state index in [1.165, 1.54) is 18.4 Å². The molecule has 2 rings (SSSR count). The lowest BCUT2D eigenvalue weighted by Crippen LogP contribution is -2.15. The fourth-order valence-electron chi connectivity index (χ4n) is 1.97. The normalized spacial score (nSPS) is 15.2. The highest BCUT2D eigenvalue weighted by Crippen LogP contribution is 2.21. The molecule has 0 spiro atoms. The monoisotopic (exact) mass is 281 g/mol. The molecule has 0 aliphatic heterocycles. The van der Waals surface area contributed by atoms with Crippen molar-refractivity contribution in [3.05, 3.63) is 23.2 Å². The highest BCUT2D eigenvalue weighted by molar-refractivity contribution is 5.19. The molecule has 0 radical (unpaired) electrons. The van der Waals surface area contributed by atoms with Crippen molar-refractivity contribution in [2.45, 2.75) is 52.8 Å². The van der Waals surface area contributed by atoms with Gasteiger partial charge in [0.25, 0.3) is 0 Å². The van der Waals surface area contributed by atoms with Gasteiger partial charge in [-0.25, -0.2) is 0 Å². The molecule has 0 aromatic carbocycles. The van der Waals surface area contributed by atoms with Gasteiger partial charge in [0.05, 0.1) is 19.8 Å². The summed E-state index contributed by atoms with van der Waals surface area (Å²) < 4.78 is 16.8. The van der Waals surface area contributed by atoms with Crippen LogP contribution in [0, 0.1) is 12.8 Å². The van der Waals surface area contributed by atoms with E-state index >= 15 is 0 Å². The van der Waals surface area contributed by atoms with Crippen molar-refractivity contribution in [3.63, 3.8) is 0 Å². The Morgan fingerprint density at radius 3 is 2.75 bits per heavy atom. The summed E-state index contributed by atoms with van der Waals surface area (Å²) in [5, 5.41) is 3.47. The van der Waals surface area contributed by atoms with E-state index < -0.39 is 0 Å². The summed E-state index contributed by atoms with van der Waals surface area (Å²) in [5.41, 5.74) is 1.20. The predicted molar refractivity (Wildman–Crippen MR) is 78.6 cm³/mol. The van der Waals surface area contributed by atoms with Crippen LogP contribution in [0.2, 0.25) is 0 Å². The van der Waals surface area contributed by atoms with E-state index in [-0.39, 0.29) is 0 Å². The Balaban J connectivity index is 1.61. The Kier molecular flexibility index (Phi) is 6.07. The van der Waals surface area contributed by atoms with Crippen molar-refractivity contribution < 1.29 is 13.9 Å². The molecular formula is C16H27NO3. The van der Waals surface area contributed by atoms with Crippen LogP contribution in [0.15, 0.2) is 10.5 Å². The minimum atomic E-state index is 0.523. The zero-order valence-corrected chi connectivity index (χ0v) is 12.9. The SMILES string of the molecule is Cc1cc(COCCOCC(C)C)oc1CNC1CC1. The largest absolute Gasteiger partial charge is 0.462 e. The van der Waals surface area contributed by atoms with Crippen LogP contribution in [0.25, 0.3) is 0 Å². The van der Waals surface area contributed by atoms with Gasteiger partial charge in [0.15, 0.2) is 0 Å². The zero-order chi connectivity index (χ0) is 14.4. The molecular weight excluding hydrogens is 254 g/mol. The van der Waals surface area contributed by atoms with E-state index in [2.05, 4.69) is 32.2 Å². The fraction of sp³-hybridized carbons (Fsp3) is 0.750. The lowest BCUT2D eigenvalue weighted by Gasteiger charge is -2.06. The van der Waals surface area contributed by atoms with Crippen LogP contribution in [0.4, 0.5) is 0 Å². The number of aryl methyl sites for hydroxylation is 1. The van der Waals surface area contributed by atoms with Crippen molar-refractivity contribution in [2.75, 3.05) is 19.8 Å². The summed E-state index contributed by atoms with van der Waals surface area (Å²) >= 11 is 0. The summed E-state index contributed by atoms with van der Waals surface area (Å²) in [6.07, 6.45) is 2.60. The third-order valence-electron chi connectivity index (χ3n) is 3.27. The summed E-state index contributed by atoms with van der Waals surface area (Å²) in [4.78, 5) is 0. The molecule has 20 heavy (non-hydrogen) atoms. The molecule has 1 aliphatic carbocycles. The van der Waals surface area contributed by atoms with Crippen molar-refractivity contribution >= 4 is 0 Å². The lowest BCUT2D eigenvalue weighted by molar-refractivity contribution is 0.0261. The highest BCUT2D eigenvalue weighted by atomic mass is 16.5. The van der Waals surface area contributed by atoms with E-state index in [0.717, 1.165) is 24.7 Å². The second kappa shape index (κ2) is 7.81. The van der Waals surface area contributed by atoms with Gasteiger partial charge in [-0.2, -0.15) is 0 Å². The van der Waals surface area contributed by atoms with E-state index in [0.29, 0.717) is 31.8 Å². The van der Waals surface area contributed by atoms with Crippen molar-refractivity contribution in [3.8, 4) is 0 Å². The molecule has 1 aromatic rings. The second-order valence-electron chi connectivity index (χ2n) is 6.00. The van der Waals surface area contributed by atoms with Gasteiger partial charge in [0.2, 0.25) is 0 Å². The molecule has 0 amide bonds. The van der Waals surface area contributed by atoms with Gasteiger partial charge >= 0.3 is 0 Å². The highest BCUT2D eigenvalue weighted by Gasteiger charge is 2.21. The first kappa shape index (κ1) is 15.5. The minimum absolute atomic E-state index is 0.523. The smallest absolute Gasteiger partial charge is 0.130 e. The first-order valence-corrected chi connectivity index (χ1v) is 7.62. The van der Waals surface area contributed by atoms with E-state index in [4.69, 9.17) is 13.9 Å². The number of ether oxygens (including phenoxy) is 2. The molecule has 114 valence electrons. The Morgan fingerprint density at radius 1 is 1.30 bits per heavy atom. The average molecular weight is 281 g/mol. The Hall–Kier alpha value is -0.840. The number of furan rings is 1. The maximum absolute atomic E-state index is 5.81. The third-order valence-corrected chi connectivity index (χ3v) is 3.27. The maximum Gasteiger partial charge on any atom is 0.130 e. The molecule has 4 heteroatoms. The predicted octanol–water partition coefficient (Wildman–Crippen LogP) is 3.03. The summed E-state index contributed by atoms with van der Waals surface area (Å²) in [5.74, 6) is 2.51. The molecule has 1 fully saturated rings. The molecule has 0 bridgehead atoms. The van der Waals surface area contributed by atoms with Crippen LogP contribution in [-0.4, -0.2) is 25.9 Å². The van der Waals surface area contributed by atoms with Crippen LogP contribution in [0.5, 0.6) is 0 Å². The van der Waals surface area contributed by atoms with Crippen LogP contribution in [0.3, 0.4) is 0 Å². The number of hydrogen-bond donors (Lipinski definition) is 1. The average Bonchev–Trinajstić information content (AvgIpc) is 3.15. The Morgan fingerprint density at radius 2 is 2.05 bits per heavy atom. The first-order chi connectivity index (χ1) is 9.65. The van der Waals surface area contributed by atoms with Gasteiger partial charge < -0.3 is 19.2 Å². The van der Waals surface area contributed by atoms with Gasteiger partial charge in [-0.3, -0.25) is 0 Å². The molecule has 0 atom stereocenters. The molecule has 1 aromatic heterocycles. The summed E-state index contributed by atoms with van der Waals surface area (Å²) in [6.45, 7) is 9.77. The van der Waals surface area contributed by atoms with E-state index in [1.807, 2.05) is 0 Å². The standard InChI is InChI=1S/C16H27NO3/c1-12(2)10-18-6-7-19-11-15-8-13(3)16(20-15)9-17-14-4-5-14/h8,12,14,17H,4-7,9-11H2,1-3H3. The van der Waals surface area contributed by atoms with Crippen LogP contribution >= 0.6 is 0 Å². The molecule has 4 nitrogen and oxygen atoms in total. The number of rotatable bonds is 10. The van der Waals surface area contributed by atoms with E-state index in [9.17, 15) is 0 Å². The summed E-state index contributed by atoms with van der Waals surface area (Å²) in [7, 11) is 0. The van der Waals surface area contributed by atoms with Crippen molar-refractivity contribution in [1.29, 1.82) is 0 Å². The van der Waals surface area contributed by atoms with Crippen molar-refractivity contribution in [1.82, 2.24) is 5.32 Å². The van der Waals surface area contributed by atoms with Gasteiger partial charge in [-0.1, -0.05) is 13.8 Å². The minimum Gasteiger partial charge on any atom is -0.462 e. The topological polar surface area (TPSA) is 43.6 Å². The van der Waals surface area contributed by atoms with E-state index in [1.54, 1.807) is 0 Å². The lowest BCUT2D eigenvalue weighted by atomic mass is 10.2.